The van der Waals surface area contributed by atoms with Crippen LogP contribution in [-0.4, -0.2) is 35.5 Å². The third-order valence-electron chi connectivity index (χ3n) is 6.72. The molecule has 2 aliphatic heterocycles. The molecular weight excluding hydrogens is 481 g/mol. The average molecular weight is 504 g/mol. The van der Waals surface area contributed by atoms with Gasteiger partial charge in [0.1, 0.15) is 5.82 Å². The van der Waals surface area contributed by atoms with Crippen molar-refractivity contribution < 1.29 is 40.3 Å². The van der Waals surface area contributed by atoms with E-state index in [1.165, 1.54) is 24.0 Å². The molecule has 2 saturated heterocycles. The van der Waals surface area contributed by atoms with Crippen molar-refractivity contribution in [1.82, 2.24) is 4.90 Å². The summed E-state index contributed by atoms with van der Waals surface area (Å²) < 4.78 is 99.6. The average Bonchev–Trinajstić information content (AvgIpc) is 3.23. The van der Waals surface area contributed by atoms with Crippen molar-refractivity contribution in [3.8, 4) is 0 Å². The van der Waals surface area contributed by atoms with Gasteiger partial charge in [0.25, 0.3) is 0 Å². The Hall–Kier alpha value is -2.66. The Kier molecular flexibility index (Phi) is 6.38. The van der Waals surface area contributed by atoms with Crippen LogP contribution in [0.5, 0.6) is 0 Å². The van der Waals surface area contributed by atoms with E-state index in [0.29, 0.717) is 23.3 Å². The van der Waals surface area contributed by atoms with Gasteiger partial charge in [0, 0.05) is 24.9 Å². The maximum atomic E-state index is 13.7. The van der Waals surface area contributed by atoms with Gasteiger partial charge in [-0.15, -0.1) is 0 Å². The Balaban J connectivity index is 1.71. The van der Waals surface area contributed by atoms with Gasteiger partial charge in [-0.05, 0) is 60.9 Å². The SMILES string of the molecule is Cc1cc(F)ccc1[C@@H]1[C@@H](O[C@H](C)c2cc(C(F)(F)F)cc(C(F)(F)F)c2)CN2C(=O)CC(N)[C@@H]12. The van der Waals surface area contributed by atoms with Crippen LogP contribution in [0.1, 0.15) is 53.2 Å². The molecule has 1 unspecified atom stereocenters. The van der Waals surface area contributed by atoms with Crippen LogP contribution in [0.15, 0.2) is 36.4 Å². The second-order valence-corrected chi connectivity index (χ2v) is 9.09. The van der Waals surface area contributed by atoms with Gasteiger partial charge >= 0.3 is 12.4 Å². The van der Waals surface area contributed by atoms with Crippen molar-refractivity contribution in [2.24, 2.45) is 5.73 Å². The van der Waals surface area contributed by atoms with E-state index in [4.69, 9.17) is 10.5 Å². The third-order valence-corrected chi connectivity index (χ3v) is 6.72. The normalized spacial score (nSPS) is 25.8. The summed E-state index contributed by atoms with van der Waals surface area (Å²) in [5, 5.41) is 0. The molecule has 2 N–H and O–H groups in total. The van der Waals surface area contributed by atoms with Crippen LogP contribution in [0.25, 0.3) is 0 Å². The Morgan fingerprint density at radius 3 is 2.17 bits per heavy atom. The number of rotatable bonds is 4. The first-order valence-electron chi connectivity index (χ1n) is 10.9. The summed E-state index contributed by atoms with van der Waals surface area (Å²) in [5.74, 6) is -1.22. The van der Waals surface area contributed by atoms with Crippen LogP contribution in [0.2, 0.25) is 0 Å². The third kappa shape index (κ3) is 4.88. The van der Waals surface area contributed by atoms with Crippen LogP contribution >= 0.6 is 0 Å². The minimum Gasteiger partial charge on any atom is -0.368 e. The molecule has 0 spiro atoms. The number of ether oxygens (including phenoxy) is 1. The van der Waals surface area contributed by atoms with Crippen LogP contribution in [0, 0.1) is 12.7 Å². The molecule has 2 aromatic rings. The summed E-state index contributed by atoms with van der Waals surface area (Å²) in [6.45, 7) is 3.09. The Morgan fingerprint density at radius 2 is 1.63 bits per heavy atom. The number of nitrogens with zero attached hydrogens (tertiary/aromatic N) is 1. The van der Waals surface area contributed by atoms with Gasteiger partial charge in [0.2, 0.25) is 5.91 Å². The van der Waals surface area contributed by atoms with E-state index >= 15 is 0 Å². The molecule has 0 bridgehead atoms. The number of halogens is 7. The smallest absolute Gasteiger partial charge is 0.368 e. The maximum Gasteiger partial charge on any atom is 0.416 e. The molecular formula is C24H23F7N2O2. The lowest BCUT2D eigenvalue weighted by molar-refractivity contribution is -0.143. The molecule has 5 atom stereocenters. The van der Waals surface area contributed by atoms with Gasteiger partial charge < -0.3 is 15.4 Å². The van der Waals surface area contributed by atoms with E-state index in [0.717, 1.165) is 0 Å². The molecule has 0 aromatic heterocycles. The molecule has 1 amide bonds. The number of aryl methyl sites for hydroxylation is 1. The first kappa shape index (κ1) is 25.4. The van der Waals surface area contributed by atoms with Gasteiger partial charge in [0.05, 0.1) is 29.4 Å². The van der Waals surface area contributed by atoms with Crippen molar-refractivity contribution >= 4 is 5.91 Å². The standard InChI is InChI=1S/C24H23F7N2O2/c1-11-5-16(25)3-4-17(11)21-19(10-33-20(34)9-18(32)22(21)33)35-12(2)13-6-14(23(26,27)28)8-15(7-13)24(29,30)31/h3-8,12,18-19,21-22H,9-10,32H2,1-2H3/t12-,18?,19+,21-,22+/m1/s1. The number of carbonyl (C=O) groups is 1. The zero-order valence-corrected chi connectivity index (χ0v) is 18.8. The summed E-state index contributed by atoms with van der Waals surface area (Å²) in [7, 11) is 0. The first-order chi connectivity index (χ1) is 16.2. The topological polar surface area (TPSA) is 55.6 Å². The predicted molar refractivity (Wildman–Crippen MR) is 112 cm³/mol. The summed E-state index contributed by atoms with van der Waals surface area (Å²) in [4.78, 5) is 14.0. The number of amides is 1. The number of hydrogen-bond donors (Lipinski definition) is 1. The molecule has 0 radical (unpaired) electrons. The monoisotopic (exact) mass is 504 g/mol. The summed E-state index contributed by atoms with van der Waals surface area (Å²) in [5.41, 5.74) is 4.27. The van der Waals surface area contributed by atoms with Crippen molar-refractivity contribution in [3.63, 3.8) is 0 Å². The highest BCUT2D eigenvalue weighted by atomic mass is 19.4. The highest BCUT2D eigenvalue weighted by Crippen LogP contribution is 2.44. The van der Waals surface area contributed by atoms with Gasteiger partial charge in [0.15, 0.2) is 0 Å². The van der Waals surface area contributed by atoms with E-state index in [-0.39, 0.29) is 30.5 Å². The van der Waals surface area contributed by atoms with Crippen molar-refractivity contribution in [2.75, 3.05) is 6.54 Å². The highest BCUT2D eigenvalue weighted by Gasteiger charge is 2.53. The quantitative estimate of drug-likeness (QED) is 0.572. The predicted octanol–water partition coefficient (Wildman–Crippen LogP) is 5.34. The maximum absolute atomic E-state index is 13.7. The summed E-state index contributed by atoms with van der Waals surface area (Å²) in [6.07, 6.45) is -11.8. The lowest BCUT2D eigenvalue weighted by Crippen LogP contribution is -2.39. The van der Waals surface area contributed by atoms with Gasteiger partial charge in [-0.3, -0.25) is 4.79 Å². The fraction of sp³-hybridized carbons (Fsp3) is 0.458. The number of carbonyl (C=O) groups excluding carboxylic acids is 1. The molecule has 2 fully saturated rings. The van der Waals surface area contributed by atoms with Gasteiger partial charge in [-0.25, -0.2) is 4.39 Å². The second-order valence-electron chi connectivity index (χ2n) is 9.09. The number of benzene rings is 2. The largest absolute Gasteiger partial charge is 0.416 e. The fourth-order valence-electron chi connectivity index (χ4n) is 5.13. The fourth-order valence-corrected chi connectivity index (χ4v) is 5.13. The van der Waals surface area contributed by atoms with Crippen molar-refractivity contribution in [1.29, 1.82) is 0 Å². The van der Waals surface area contributed by atoms with Gasteiger partial charge in [-0.1, -0.05) is 6.07 Å². The Bertz CT molecular complexity index is 1100. The van der Waals surface area contributed by atoms with Crippen LogP contribution in [-0.2, 0) is 21.9 Å². The Morgan fingerprint density at radius 1 is 1.03 bits per heavy atom. The zero-order chi connectivity index (χ0) is 25.9. The molecule has 4 rings (SSSR count). The first-order valence-corrected chi connectivity index (χ1v) is 10.9. The van der Waals surface area contributed by atoms with Gasteiger partial charge in [-0.2, -0.15) is 26.3 Å². The number of alkyl halides is 6. The Labute approximate surface area is 196 Å². The van der Waals surface area contributed by atoms with E-state index < -0.39 is 59.5 Å². The molecule has 2 aliphatic rings. The highest BCUT2D eigenvalue weighted by molar-refractivity contribution is 5.81. The number of fused-ring (bicyclic) bond motifs is 1. The van der Waals surface area contributed by atoms with E-state index in [9.17, 15) is 35.5 Å². The molecule has 2 heterocycles. The van der Waals surface area contributed by atoms with E-state index in [2.05, 4.69) is 0 Å². The molecule has 2 aromatic carbocycles. The summed E-state index contributed by atoms with van der Waals surface area (Å²) in [6, 6.07) is 4.38. The van der Waals surface area contributed by atoms with Crippen LogP contribution in [0.4, 0.5) is 30.7 Å². The molecule has 11 heteroatoms. The molecule has 0 saturated carbocycles. The molecule has 190 valence electrons. The minimum atomic E-state index is -4.99. The zero-order valence-electron chi connectivity index (χ0n) is 18.8. The lowest BCUT2D eigenvalue weighted by atomic mass is 9.84. The van der Waals surface area contributed by atoms with E-state index in [1.54, 1.807) is 13.0 Å². The van der Waals surface area contributed by atoms with Crippen molar-refractivity contribution in [2.45, 2.75) is 62.8 Å². The molecule has 4 nitrogen and oxygen atoms in total. The lowest BCUT2D eigenvalue weighted by Gasteiger charge is -2.29. The summed E-state index contributed by atoms with van der Waals surface area (Å²) >= 11 is 0. The van der Waals surface area contributed by atoms with Crippen molar-refractivity contribution in [3.05, 3.63) is 70.0 Å². The van der Waals surface area contributed by atoms with Crippen LogP contribution < -0.4 is 5.73 Å². The molecule has 35 heavy (non-hydrogen) atoms. The second kappa shape index (κ2) is 8.77. The number of nitrogens with two attached hydrogens (primary N) is 1. The minimum absolute atomic E-state index is 0.0598. The van der Waals surface area contributed by atoms with E-state index in [1.807, 2.05) is 0 Å². The molecule has 0 aliphatic carbocycles. The van der Waals surface area contributed by atoms with Crippen LogP contribution in [0.3, 0.4) is 0 Å². The number of hydrogen-bond acceptors (Lipinski definition) is 3.